The van der Waals surface area contributed by atoms with Crippen LogP contribution in [-0.4, -0.2) is 21.4 Å². The van der Waals surface area contributed by atoms with E-state index in [1.165, 1.54) is 18.3 Å². The Balaban J connectivity index is 2.35. The lowest BCUT2D eigenvalue weighted by Gasteiger charge is -2.06. The van der Waals surface area contributed by atoms with Crippen molar-refractivity contribution in [2.24, 2.45) is 0 Å². The Bertz CT molecular complexity index is 801. The van der Waals surface area contributed by atoms with Crippen molar-refractivity contribution >= 4 is 33.4 Å². The molecule has 0 aliphatic heterocycles. The van der Waals surface area contributed by atoms with Gasteiger partial charge in [0.1, 0.15) is 11.4 Å². The minimum Gasteiger partial charge on any atom is -0.298 e. The fourth-order valence-corrected chi connectivity index (χ4v) is 2.55. The molecule has 2 rings (SSSR count). The van der Waals surface area contributed by atoms with Crippen molar-refractivity contribution in [2.75, 3.05) is 0 Å². The Morgan fingerprint density at radius 2 is 2.05 bits per heavy atom. The van der Waals surface area contributed by atoms with E-state index in [9.17, 15) is 19.2 Å². The average Bonchev–Trinajstić information content (AvgIpc) is 2.72. The summed E-state index contributed by atoms with van der Waals surface area (Å²) in [7, 11) is 0. The average molecular weight is 296 g/mol. The van der Waals surface area contributed by atoms with Gasteiger partial charge in [0, 0.05) is 11.8 Å². The van der Waals surface area contributed by atoms with Crippen molar-refractivity contribution in [3.63, 3.8) is 0 Å². The van der Waals surface area contributed by atoms with Gasteiger partial charge in [-0.15, -0.1) is 11.3 Å². The molecule has 8 nitrogen and oxygen atoms in total. The molecule has 0 aliphatic rings. The molecule has 0 atom stereocenters. The first-order chi connectivity index (χ1) is 9.38. The van der Waals surface area contributed by atoms with Gasteiger partial charge in [-0.05, 0) is 13.0 Å². The van der Waals surface area contributed by atoms with E-state index >= 15 is 0 Å². The van der Waals surface area contributed by atoms with Crippen LogP contribution in [0.1, 0.15) is 11.8 Å². The molecule has 0 bridgehead atoms. The number of aryl methyl sites for hydroxylation is 1. The summed E-state index contributed by atoms with van der Waals surface area (Å²) in [5, 5.41) is 0.361. The maximum absolute atomic E-state index is 12.1. The van der Waals surface area contributed by atoms with Crippen LogP contribution in [0.3, 0.4) is 0 Å². The number of fused-ring (bicyclic) bond motifs is 1. The van der Waals surface area contributed by atoms with E-state index in [0.29, 0.717) is 10.2 Å². The fourth-order valence-electron chi connectivity index (χ4n) is 1.65. The van der Waals surface area contributed by atoms with Gasteiger partial charge in [-0.3, -0.25) is 34.8 Å². The van der Waals surface area contributed by atoms with E-state index < -0.39 is 29.6 Å². The molecule has 0 aromatic carbocycles. The number of thiophene rings is 1. The van der Waals surface area contributed by atoms with Crippen molar-refractivity contribution in [3.8, 4) is 0 Å². The zero-order valence-electron chi connectivity index (χ0n) is 10.8. The standard InChI is InChI=1S/C11H12N4O4S/c1-5-3-7-9(20-5)12-11(19)15(10(7)18)4-8(17)14-13-6(2)16/h3H,4H2,1-2H3,(H,12,19)(H,13,16)(H,14,17). The molecular formula is C11H12N4O4S. The monoisotopic (exact) mass is 296 g/mol. The van der Waals surface area contributed by atoms with Crippen molar-refractivity contribution in [2.45, 2.75) is 20.4 Å². The number of H-pyrrole nitrogens is 1. The van der Waals surface area contributed by atoms with Gasteiger partial charge in [-0.1, -0.05) is 0 Å². The summed E-state index contributed by atoms with van der Waals surface area (Å²) in [6.07, 6.45) is 0. The second kappa shape index (κ2) is 5.29. The first kappa shape index (κ1) is 14.0. The summed E-state index contributed by atoms with van der Waals surface area (Å²) in [6, 6.07) is 1.65. The topological polar surface area (TPSA) is 113 Å². The molecule has 0 radical (unpaired) electrons. The quantitative estimate of drug-likeness (QED) is 0.631. The number of nitrogens with zero attached hydrogens (tertiary/aromatic N) is 1. The molecule has 0 unspecified atom stereocenters. The molecule has 2 heterocycles. The molecule has 0 fully saturated rings. The van der Waals surface area contributed by atoms with E-state index in [-0.39, 0.29) is 0 Å². The Kier molecular flexibility index (Phi) is 3.70. The molecule has 2 aromatic rings. The van der Waals surface area contributed by atoms with E-state index in [4.69, 9.17) is 0 Å². The second-order valence-electron chi connectivity index (χ2n) is 4.15. The summed E-state index contributed by atoms with van der Waals surface area (Å²) >= 11 is 1.30. The van der Waals surface area contributed by atoms with Crippen LogP contribution >= 0.6 is 11.3 Å². The fraction of sp³-hybridized carbons (Fsp3) is 0.273. The minimum absolute atomic E-state index is 0.361. The third-order valence-electron chi connectivity index (χ3n) is 2.48. The first-order valence-electron chi connectivity index (χ1n) is 5.67. The van der Waals surface area contributed by atoms with Crippen molar-refractivity contribution in [1.82, 2.24) is 20.4 Å². The Hall–Kier alpha value is -2.42. The van der Waals surface area contributed by atoms with Gasteiger partial charge in [-0.2, -0.15) is 0 Å². The lowest BCUT2D eigenvalue weighted by Crippen LogP contribution is -2.46. The Morgan fingerprint density at radius 3 is 2.70 bits per heavy atom. The van der Waals surface area contributed by atoms with Gasteiger partial charge in [-0.25, -0.2) is 4.79 Å². The zero-order valence-corrected chi connectivity index (χ0v) is 11.6. The summed E-state index contributed by atoms with van der Waals surface area (Å²) in [5.74, 6) is -1.12. The van der Waals surface area contributed by atoms with Gasteiger partial charge in [0.05, 0.1) is 5.39 Å². The number of nitrogens with one attached hydrogen (secondary N) is 3. The maximum Gasteiger partial charge on any atom is 0.329 e. The van der Waals surface area contributed by atoms with Gasteiger partial charge in [0.15, 0.2) is 0 Å². The number of hydrogen-bond acceptors (Lipinski definition) is 5. The summed E-state index contributed by atoms with van der Waals surface area (Å²) in [6.45, 7) is 2.56. The first-order valence-corrected chi connectivity index (χ1v) is 6.49. The summed E-state index contributed by atoms with van der Waals surface area (Å²) in [4.78, 5) is 50.0. The Labute approximate surface area is 116 Å². The number of hydrazine groups is 1. The largest absolute Gasteiger partial charge is 0.329 e. The molecule has 2 aromatic heterocycles. The van der Waals surface area contributed by atoms with Crippen LogP contribution < -0.4 is 22.1 Å². The molecule has 0 saturated heterocycles. The number of hydrogen-bond donors (Lipinski definition) is 3. The minimum atomic E-state index is -0.667. The lowest BCUT2D eigenvalue weighted by molar-refractivity contribution is -0.128. The molecule has 106 valence electrons. The SMILES string of the molecule is CC(=O)NNC(=O)Cn1c(=O)[nH]c2sc(C)cc2c1=O. The number of carbonyl (C=O) groups is 2. The van der Waals surface area contributed by atoms with Gasteiger partial charge >= 0.3 is 5.69 Å². The van der Waals surface area contributed by atoms with Crippen LogP contribution in [-0.2, 0) is 16.1 Å². The van der Waals surface area contributed by atoms with Crippen LogP contribution in [0.25, 0.3) is 10.2 Å². The number of aromatic nitrogens is 2. The molecule has 2 amide bonds. The highest BCUT2D eigenvalue weighted by atomic mass is 32.1. The smallest absolute Gasteiger partial charge is 0.298 e. The van der Waals surface area contributed by atoms with Gasteiger partial charge in [0.2, 0.25) is 5.91 Å². The summed E-state index contributed by atoms with van der Waals surface area (Å²) in [5.41, 5.74) is 2.97. The molecular weight excluding hydrogens is 284 g/mol. The van der Waals surface area contributed by atoms with Crippen LogP contribution in [0.15, 0.2) is 15.7 Å². The number of aromatic amines is 1. The van der Waals surface area contributed by atoms with E-state index in [0.717, 1.165) is 9.44 Å². The highest BCUT2D eigenvalue weighted by Gasteiger charge is 2.12. The molecule has 9 heteroatoms. The van der Waals surface area contributed by atoms with Crippen molar-refractivity contribution in [3.05, 3.63) is 31.8 Å². The third-order valence-corrected chi connectivity index (χ3v) is 3.44. The highest BCUT2D eigenvalue weighted by Crippen LogP contribution is 2.18. The normalized spacial score (nSPS) is 10.5. The predicted molar refractivity (Wildman–Crippen MR) is 73.4 cm³/mol. The van der Waals surface area contributed by atoms with Crippen molar-refractivity contribution < 1.29 is 9.59 Å². The second-order valence-corrected chi connectivity index (χ2v) is 5.41. The molecule has 0 saturated carbocycles. The Morgan fingerprint density at radius 1 is 1.35 bits per heavy atom. The van der Waals surface area contributed by atoms with Crippen LogP contribution in [0.5, 0.6) is 0 Å². The lowest BCUT2D eigenvalue weighted by atomic mass is 10.3. The van der Waals surface area contributed by atoms with Crippen LogP contribution in [0, 0.1) is 6.92 Å². The number of amides is 2. The highest BCUT2D eigenvalue weighted by molar-refractivity contribution is 7.18. The number of rotatable bonds is 2. The molecule has 20 heavy (non-hydrogen) atoms. The van der Waals surface area contributed by atoms with E-state index in [1.54, 1.807) is 6.07 Å². The van der Waals surface area contributed by atoms with Gasteiger partial charge < -0.3 is 0 Å². The maximum atomic E-state index is 12.1. The molecule has 3 N–H and O–H groups in total. The predicted octanol–water partition coefficient (Wildman–Crippen LogP) is -0.773. The van der Waals surface area contributed by atoms with E-state index in [1.807, 2.05) is 6.92 Å². The van der Waals surface area contributed by atoms with Crippen LogP contribution in [0.4, 0.5) is 0 Å². The number of carbonyl (C=O) groups excluding carboxylic acids is 2. The van der Waals surface area contributed by atoms with Crippen molar-refractivity contribution in [1.29, 1.82) is 0 Å². The van der Waals surface area contributed by atoms with E-state index in [2.05, 4.69) is 15.8 Å². The molecule has 0 spiro atoms. The van der Waals surface area contributed by atoms with Crippen LogP contribution in [0.2, 0.25) is 0 Å². The zero-order chi connectivity index (χ0) is 14.9. The molecule has 0 aliphatic carbocycles. The summed E-state index contributed by atoms with van der Waals surface area (Å²) < 4.78 is 0.783. The van der Waals surface area contributed by atoms with Gasteiger partial charge in [0.25, 0.3) is 11.5 Å². The third kappa shape index (κ3) is 2.77.